The molecule has 34 heavy (non-hydrogen) atoms. The normalized spacial score (nSPS) is 10.8. The van der Waals surface area contributed by atoms with Gasteiger partial charge in [-0.1, -0.05) is 44.2 Å². The van der Waals surface area contributed by atoms with Crippen LogP contribution in [0.1, 0.15) is 35.7 Å². The molecule has 2 aromatic heterocycles. The lowest BCUT2D eigenvalue weighted by Crippen LogP contribution is -2.44. The number of ether oxygens (including phenoxy) is 1. The number of amides is 1. The summed E-state index contributed by atoms with van der Waals surface area (Å²) in [6.45, 7) is 4.91. The molecule has 1 aromatic carbocycles. The van der Waals surface area contributed by atoms with E-state index in [0.29, 0.717) is 5.69 Å². The van der Waals surface area contributed by atoms with E-state index in [1.54, 1.807) is 25.1 Å². The quantitative estimate of drug-likeness (QED) is 0.468. The van der Waals surface area contributed by atoms with Crippen LogP contribution < -0.4 is 21.9 Å². The molecule has 0 aliphatic carbocycles. The van der Waals surface area contributed by atoms with Crippen molar-refractivity contribution in [3.8, 4) is 0 Å². The number of anilines is 2. The molecule has 178 valence electrons. The largest absolute Gasteiger partial charge is 0.450 e. The Labute approximate surface area is 195 Å². The molecule has 3 rings (SSSR count). The number of hydrogen-bond donors (Lipinski definition) is 2. The minimum atomic E-state index is -0.877. The highest BCUT2D eigenvalue weighted by Gasteiger charge is 2.26. The standard InChI is InChI=1S/C23H26N6O5/c1-14(2)11-28(17(30)13-34-22(32)20-25-10-9-15(3)26-20)18-19(24)29(23(33)27-21(18)31)12-16-7-5-4-6-8-16/h4-10,14H,11-13,24H2,1-3H3,(H,27,31,33). The smallest absolute Gasteiger partial charge is 0.376 e. The Bertz CT molecular complexity index is 1300. The van der Waals surface area contributed by atoms with Gasteiger partial charge < -0.3 is 15.4 Å². The number of nitrogens with zero attached hydrogens (tertiary/aromatic N) is 4. The van der Waals surface area contributed by atoms with E-state index < -0.39 is 29.7 Å². The second-order valence-corrected chi connectivity index (χ2v) is 8.06. The Hall–Kier alpha value is -4.28. The molecular weight excluding hydrogens is 440 g/mol. The average molecular weight is 466 g/mol. The first-order valence-corrected chi connectivity index (χ1v) is 10.6. The van der Waals surface area contributed by atoms with Crippen LogP contribution >= 0.6 is 0 Å². The number of nitrogen functional groups attached to an aromatic ring is 1. The maximum absolute atomic E-state index is 13.1. The van der Waals surface area contributed by atoms with E-state index in [1.807, 2.05) is 32.0 Å². The number of esters is 1. The van der Waals surface area contributed by atoms with Crippen molar-refractivity contribution in [2.24, 2.45) is 5.92 Å². The number of nitrogens with one attached hydrogen (secondary N) is 1. The zero-order chi connectivity index (χ0) is 24.8. The van der Waals surface area contributed by atoms with Crippen LogP contribution in [0.5, 0.6) is 0 Å². The molecular formula is C23H26N6O5. The number of aromatic amines is 1. The maximum Gasteiger partial charge on any atom is 0.376 e. The first-order chi connectivity index (χ1) is 16.2. The maximum atomic E-state index is 13.1. The molecule has 0 spiro atoms. The van der Waals surface area contributed by atoms with Gasteiger partial charge in [0.05, 0.1) is 6.54 Å². The molecule has 0 saturated carbocycles. The van der Waals surface area contributed by atoms with Crippen molar-refractivity contribution < 1.29 is 14.3 Å². The molecule has 11 nitrogen and oxygen atoms in total. The van der Waals surface area contributed by atoms with Gasteiger partial charge in [-0.2, -0.15) is 0 Å². The number of carbonyl (C=O) groups excluding carboxylic acids is 2. The molecule has 0 bridgehead atoms. The Morgan fingerprint density at radius 1 is 1.18 bits per heavy atom. The predicted octanol–water partition coefficient (Wildman–Crippen LogP) is 1.11. The van der Waals surface area contributed by atoms with Crippen LogP contribution in [-0.4, -0.2) is 44.5 Å². The van der Waals surface area contributed by atoms with E-state index in [4.69, 9.17) is 10.5 Å². The summed E-state index contributed by atoms with van der Waals surface area (Å²) in [4.78, 5) is 61.7. The zero-order valence-electron chi connectivity index (χ0n) is 19.1. The fraction of sp³-hybridized carbons (Fsp3) is 0.304. The number of rotatable bonds is 8. The van der Waals surface area contributed by atoms with Gasteiger partial charge in [0.15, 0.2) is 12.3 Å². The van der Waals surface area contributed by atoms with Gasteiger partial charge in [-0.05, 0) is 24.5 Å². The Morgan fingerprint density at radius 3 is 2.53 bits per heavy atom. The summed E-state index contributed by atoms with van der Waals surface area (Å²) in [5, 5.41) is 0. The molecule has 2 heterocycles. The van der Waals surface area contributed by atoms with E-state index in [0.717, 1.165) is 10.5 Å². The fourth-order valence-corrected chi connectivity index (χ4v) is 3.26. The number of carbonyl (C=O) groups is 2. The molecule has 3 N–H and O–H groups in total. The van der Waals surface area contributed by atoms with E-state index in [1.165, 1.54) is 10.8 Å². The van der Waals surface area contributed by atoms with Crippen molar-refractivity contribution in [1.29, 1.82) is 0 Å². The van der Waals surface area contributed by atoms with Crippen LogP contribution in [0.25, 0.3) is 0 Å². The van der Waals surface area contributed by atoms with Gasteiger partial charge in [-0.3, -0.25) is 19.1 Å². The first kappa shape index (κ1) is 24.4. The lowest BCUT2D eigenvalue weighted by molar-refractivity contribution is -0.121. The number of aromatic nitrogens is 4. The van der Waals surface area contributed by atoms with Crippen molar-refractivity contribution >= 4 is 23.4 Å². The molecule has 0 atom stereocenters. The number of nitrogens with two attached hydrogens (primary N) is 1. The lowest BCUT2D eigenvalue weighted by atomic mass is 10.2. The van der Waals surface area contributed by atoms with E-state index in [2.05, 4.69) is 15.0 Å². The topological polar surface area (TPSA) is 153 Å². The summed E-state index contributed by atoms with van der Waals surface area (Å²) < 4.78 is 6.26. The van der Waals surface area contributed by atoms with Crippen LogP contribution in [0.15, 0.2) is 52.2 Å². The molecule has 1 amide bonds. The van der Waals surface area contributed by atoms with Gasteiger partial charge in [-0.25, -0.2) is 19.6 Å². The molecule has 0 radical (unpaired) electrons. The second-order valence-electron chi connectivity index (χ2n) is 8.06. The summed E-state index contributed by atoms with van der Waals surface area (Å²) in [6, 6.07) is 10.7. The van der Waals surface area contributed by atoms with E-state index in [-0.39, 0.29) is 36.3 Å². The van der Waals surface area contributed by atoms with Crippen molar-refractivity contribution in [3.63, 3.8) is 0 Å². The van der Waals surface area contributed by atoms with Gasteiger partial charge in [0.2, 0.25) is 5.82 Å². The third-order valence-electron chi connectivity index (χ3n) is 4.82. The van der Waals surface area contributed by atoms with Crippen LogP contribution in [0.3, 0.4) is 0 Å². The van der Waals surface area contributed by atoms with Crippen molar-refractivity contribution in [2.75, 3.05) is 23.8 Å². The Balaban J connectivity index is 1.91. The van der Waals surface area contributed by atoms with Crippen LogP contribution in [-0.2, 0) is 16.1 Å². The summed E-state index contributed by atoms with van der Waals surface area (Å²) in [5.74, 6) is -1.97. The lowest BCUT2D eigenvalue weighted by Gasteiger charge is -2.26. The highest BCUT2D eigenvalue weighted by Crippen LogP contribution is 2.19. The Kier molecular flexibility index (Phi) is 7.57. The van der Waals surface area contributed by atoms with Gasteiger partial charge in [0.1, 0.15) is 5.82 Å². The van der Waals surface area contributed by atoms with E-state index in [9.17, 15) is 19.2 Å². The molecule has 0 fully saturated rings. The minimum absolute atomic E-state index is 0.0620. The van der Waals surface area contributed by atoms with Crippen LogP contribution in [0, 0.1) is 12.8 Å². The van der Waals surface area contributed by atoms with E-state index >= 15 is 0 Å². The first-order valence-electron chi connectivity index (χ1n) is 10.6. The predicted molar refractivity (Wildman–Crippen MR) is 126 cm³/mol. The monoisotopic (exact) mass is 466 g/mol. The molecule has 3 aromatic rings. The zero-order valence-corrected chi connectivity index (χ0v) is 19.1. The third kappa shape index (κ3) is 5.74. The fourth-order valence-electron chi connectivity index (χ4n) is 3.26. The summed E-state index contributed by atoms with van der Waals surface area (Å²) >= 11 is 0. The van der Waals surface area contributed by atoms with Gasteiger partial charge >= 0.3 is 11.7 Å². The summed E-state index contributed by atoms with van der Waals surface area (Å²) in [7, 11) is 0. The summed E-state index contributed by atoms with van der Waals surface area (Å²) in [6.07, 6.45) is 1.40. The minimum Gasteiger partial charge on any atom is -0.450 e. The van der Waals surface area contributed by atoms with Crippen LogP contribution in [0.2, 0.25) is 0 Å². The number of H-pyrrole nitrogens is 1. The molecule has 0 aliphatic rings. The van der Waals surface area contributed by atoms with Gasteiger partial charge in [-0.15, -0.1) is 0 Å². The Morgan fingerprint density at radius 2 is 1.88 bits per heavy atom. The highest BCUT2D eigenvalue weighted by molar-refractivity contribution is 5.98. The van der Waals surface area contributed by atoms with Crippen molar-refractivity contribution in [2.45, 2.75) is 27.3 Å². The highest BCUT2D eigenvalue weighted by atomic mass is 16.5. The van der Waals surface area contributed by atoms with Crippen molar-refractivity contribution in [3.05, 3.63) is 80.5 Å². The molecule has 0 saturated heterocycles. The molecule has 11 heteroatoms. The SMILES string of the molecule is Cc1ccnc(C(=O)OCC(=O)N(CC(C)C)c2c(N)n(Cc3ccccc3)c(=O)[nH]c2=O)n1. The van der Waals surface area contributed by atoms with Crippen molar-refractivity contribution in [1.82, 2.24) is 19.5 Å². The molecule has 0 aliphatic heterocycles. The van der Waals surface area contributed by atoms with Crippen LogP contribution in [0.4, 0.5) is 11.5 Å². The molecule has 0 unspecified atom stereocenters. The third-order valence-corrected chi connectivity index (χ3v) is 4.82. The number of aryl methyl sites for hydroxylation is 1. The van der Waals surface area contributed by atoms with Gasteiger partial charge in [0, 0.05) is 18.4 Å². The number of benzene rings is 1. The average Bonchev–Trinajstić information content (AvgIpc) is 2.79. The second kappa shape index (κ2) is 10.6. The van der Waals surface area contributed by atoms with Gasteiger partial charge in [0.25, 0.3) is 11.5 Å². The number of hydrogen-bond acceptors (Lipinski definition) is 8. The summed E-state index contributed by atoms with van der Waals surface area (Å²) in [5.41, 5.74) is 5.88.